The third-order valence-electron chi connectivity index (χ3n) is 6.17. The molecule has 10 nitrogen and oxygen atoms in total. The Kier molecular flexibility index (Phi) is 6.35. The SMILES string of the molecule is O=C(c1cccs1)c1cnn2c(-c3cccc(NS(=O)(=O)c4ccc(N5CCOCC5)nc4)c3)ccnc12. The number of carbonyl (C=O) groups is 1. The molecule has 5 aromatic rings. The van der Waals surface area contributed by atoms with Gasteiger partial charge in [0.05, 0.1) is 35.5 Å². The van der Waals surface area contributed by atoms with Crippen molar-refractivity contribution in [3.05, 3.63) is 89.0 Å². The van der Waals surface area contributed by atoms with Gasteiger partial charge in [-0.1, -0.05) is 18.2 Å². The van der Waals surface area contributed by atoms with Gasteiger partial charge in [0.1, 0.15) is 10.7 Å². The molecule has 1 aliphatic heterocycles. The van der Waals surface area contributed by atoms with E-state index >= 15 is 0 Å². The highest BCUT2D eigenvalue weighted by Gasteiger charge is 2.20. The number of pyridine rings is 1. The second-order valence-corrected chi connectivity index (χ2v) is 11.2. The third-order valence-corrected chi connectivity index (χ3v) is 8.40. The average molecular weight is 547 g/mol. The van der Waals surface area contributed by atoms with Gasteiger partial charge in [0.25, 0.3) is 10.0 Å². The number of morpholine rings is 1. The van der Waals surface area contributed by atoms with Gasteiger partial charge in [-0.25, -0.2) is 22.9 Å². The molecule has 38 heavy (non-hydrogen) atoms. The normalized spacial score (nSPS) is 14.1. The molecule has 192 valence electrons. The van der Waals surface area contributed by atoms with Gasteiger partial charge in [-0.05, 0) is 41.8 Å². The summed E-state index contributed by atoms with van der Waals surface area (Å²) in [5.74, 6) is 0.571. The van der Waals surface area contributed by atoms with Crippen molar-refractivity contribution in [1.29, 1.82) is 0 Å². The summed E-state index contributed by atoms with van der Waals surface area (Å²) in [6.45, 7) is 2.67. The number of hydrogen-bond donors (Lipinski definition) is 1. The molecule has 5 heterocycles. The predicted octanol–water partition coefficient (Wildman–Crippen LogP) is 3.72. The maximum atomic E-state index is 13.1. The topological polar surface area (TPSA) is 119 Å². The lowest BCUT2D eigenvalue weighted by molar-refractivity contribution is 0.104. The van der Waals surface area contributed by atoms with Crippen molar-refractivity contribution in [2.75, 3.05) is 35.9 Å². The molecule has 0 radical (unpaired) electrons. The Morgan fingerprint density at radius 2 is 1.87 bits per heavy atom. The fourth-order valence-electron chi connectivity index (χ4n) is 4.28. The van der Waals surface area contributed by atoms with Gasteiger partial charge >= 0.3 is 0 Å². The van der Waals surface area contributed by atoms with E-state index < -0.39 is 10.0 Å². The second kappa shape index (κ2) is 9.97. The highest BCUT2D eigenvalue weighted by atomic mass is 32.2. The van der Waals surface area contributed by atoms with Crippen LogP contribution in [0.2, 0.25) is 0 Å². The molecular weight excluding hydrogens is 524 g/mol. The maximum Gasteiger partial charge on any atom is 0.263 e. The minimum absolute atomic E-state index is 0.0648. The Balaban J connectivity index is 1.26. The first-order valence-electron chi connectivity index (χ1n) is 11.8. The summed E-state index contributed by atoms with van der Waals surface area (Å²) in [5, 5.41) is 6.25. The molecule has 0 saturated carbocycles. The first-order valence-corrected chi connectivity index (χ1v) is 14.2. The van der Waals surface area contributed by atoms with Crippen LogP contribution in [0.3, 0.4) is 0 Å². The first-order chi connectivity index (χ1) is 18.5. The van der Waals surface area contributed by atoms with E-state index in [2.05, 4.69) is 24.7 Å². The van der Waals surface area contributed by atoms with Crippen LogP contribution in [0.25, 0.3) is 16.9 Å². The van der Waals surface area contributed by atoms with Gasteiger partial charge in [0, 0.05) is 36.7 Å². The molecule has 0 spiro atoms. The molecule has 0 unspecified atom stereocenters. The lowest BCUT2D eigenvalue weighted by atomic mass is 10.1. The predicted molar refractivity (Wildman–Crippen MR) is 144 cm³/mol. The van der Waals surface area contributed by atoms with E-state index in [9.17, 15) is 13.2 Å². The van der Waals surface area contributed by atoms with E-state index in [0.29, 0.717) is 65.2 Å². The summed E-state index contributed by atoms with van der Waals surface area (Å²) < 4.78 is 35.8. The number of nitrogens with one attached hydrogen (secondary N) is 1. The first kappa shape index (κ1) is 24.2. The minimum Gasteiger partial charge on any atom is -0.378 e. The molecule has 1 saturated heterocycles. The number of hydrogen-bond acceptors (Lipinski definition) is 9. The summed E-state index contributed by atoms with van der Waals surface area (Å²) in [7, 11) is -3.87. The maximum absolute atomic E-state index is 13.1. The molecule has 0 amide bonds. The molecule has 4 aromatic heterocycles. The zero-order chi connectivity index (χ0) is 26.1. The fraction of sp³-hybridized carbons (Fsp3) is 0.154. The molecule has 1 N–H and O–H groups in total. The van der Waals surface area contributed by atoms with E-state index in [-0.39, 0.29) is 10.7 Å². The quantitative estimate of drug-likeness (QED) is 0.307. The van der Waals surface area contributed by atoms with Crippen LogP contribution in [0.5, 0.6) is 0 Å². The Labute approximate surface area is 222 Å². The number of anilines is 2. The van der Waals surface area contributed by atoms with Crippen LogP contribution in [0, 0.1) is 0 Å². The van der Waals surface area contributed by atoms with Crippen molar-refractivity contribution < 1.29 is 17.9 Å². The number of thiophene rings is 1. The average Bonchev–Trinajstić information content (AvgIpc) is 3.64. The van der Waals surface area contributed by atoms with Gasteiger partial charge < -0.3 is 9.64 Å². The van der Waals surface area contributed by atoms with Crippen molar-refractivity contribution in [2.24, 2.45) is 0 Å². The van der Waals surface area contributed by atoms with Crippen molar-refractivity contribution >= 4 is 44.3 Å². The molecule has 6 rings (SSSR count). The Morgan fingerprint density at radius 3 is 2.63 bits per heavy atom. The largest absolute Gasteiger partial charge is 0.378 e. The molecule has 0 bridgehead atoms. The summed E-state index contributed by atoms with van der Waals surface area (Å²) in [4.78, 5) is 24.4. The number of aromatic nitrogens is 4. The van der Waals surface area contributed by atoms with Crippen LogP contribution >= 0.6 is 11.3 Å². The Bertz CT molecular complexity index is 1710. The summed E-state index contributed by atoms with van der Waals surface area (Å²) in [6, 6.07) is 15.6. The molecule has 1 aromatic carbocycles. The van der Waals surface area contributed by atoms with Crippen molar-refractivity contribution in [1.82, 2.24) is 19.6 Å². The van der Waals surface area contributed by atoms with Gasteiger partial charge in [0.15, 0.2) is 5.65 Å². The molecule has 1 aliphatic rings. The van der Waals surface area contributed by atoms with Crippen molar-refractivity contribution in [3.63, 3.8) is 0 Å². The zero-order valence-corrected chi connectivity index (χ0v) is 21.7. The van der Waals surface area contributed by atoms with Crippen molar-refractivity contribution in [2.45, 2.75) is 4.90 Å². The van der Waals surface area contributed by atoms with E-state index in [0.717, 1.165) is 0 Å². The van der Waals surface area contributed by atoms with E-state index in [1.54, 1.807) is 53.2 Å². The number of nitrogens with zero attached hydrogens (tertiary/aromatic N) is 5. The molecule has 1 fully saturated rings. The minimum atomic E-state index is -3.87. The third kappa shape index (κ3) is 4.64. The van der Waals surface area contributed by atoms with Gasteiger partial charge in [-0.3, -0.25) is 9.52 Å². The van der Waals surface area contributed by atoms with Crippen LogP contribution in [-0.2, 0) is 14.8 Å². The Morgan fingerprint density at radius 1 is 1.00 bits per heavy atom. The molecule has 0 atom stereocenters. The number of benzene rings is 1. The molecule has 12 heteroatoms. The summed E-state index contributed by atoms with van der Waals surface area (Å²) in [6.07, 6.45) is 4.48. The molecule has 0 aliphatic carbocycles. The van der Waals surface area contributed by atoms with E-state index in [4.69, 9.17) is 4.74 Å². The number of fused-ring (bicyclic) bond motifs is 1. The van der Waals surface area contributed by atoms with Crippen LogP contribution in [0.15, 0.2) is 83.5 Å². The number of sulfonamides is 1. The zero-order valence-electron chi connectivity index (χ0n) is 20.0. The van der Waals surface area contributed by atoms with Gasteiger partial charge in [-0.2, -0.15) is 5.10 Å². The fourth-order valence-corrected chi connectivity index (χ4v) is 5.95. The number of carbonyl (C=O) groups excluding carboxylic acids is 1. The number of rotatable bonds is 7. The van der Waals surface area contributed by atoms with Crippen LogP contribution in [0.4, 0.5) is 11.5 Å². The van der Waals surface area contributed by atoms with Crippen molar-refractivity contribution in [3.8, 4) is 11.3 Å². The second-order valence-electron chi connectivity index (χ2n) is 8.57. The summed E-state index contributed by atoms with van der Waals surface area (Å²) >= 11 is 1.36. The number of ketones is 1. The van der Waals surface area contributed by atoms with Gasteiger partial charge in [0.2, 0.25) is 5.78 Å². The van der Waals surface area contributed by atoms with Gasteiger partial charge in [-0.15, -0.1) is 11.3 Å². The number of ether oxygens (including phenoxy) is 1. The standard InChI is InChI=1S/C26H22N6O4S2/c33-25(23-5-2-14-37-23)21-17-29-32-22(8-9-27-26(21)32)18-3-1-4-19(15-18)30-38(34,35)20-6-7-24(28-16-20)31-10-12-36-13-11-31/h1-9,14-17,30H,10-13H2. The van der Waals surface area contributed by atoms with E-state index in [1.165, 1.54) is 23.7 Å². The molecular formula is C26H22N6O4S2. The summed E-state index contributed by atoms with van der Waals surface area (Å²) in [5.41, 5.74) is 2.58. The highest BCUT2D eigenvalue weighted by Crippen LogP contribution is 2.27. The van der Waals surface area contributed by atoms with Crippen LogP contribution < -0.4 is 9.62 Å². The smallest absolute Gasteiger partial charge is 0.263 e. The van der Waals surface area contributed by atoms with Crippen LogP contribution in [0.1, 0.15) is 15.2 Å². The highest BCUT2D eigenvalue weighted by molar-refractivity contribution is 7.92. The lowest BCUT2D eigenvalue weighted by Gasteiger charge is -2.27. The Hall–Kier alpha value is -4.13. The van der Waals surface area contributed by atoms with Crippen LogP contribution in [-0.4, -0.2) is 60.1 Å². The monoisotopic (exact) mass is 546 g/mol. The lowest BCUT2D eigenvalue weighted by Crippen LogP contribution is -2.36. The van der Waals surface area contributed by atoms with E-state index in [1.807, 2.05) is 17.5 Å².